The van der Waals surface area contributed by atoms with Crippen LogP contribution in [-0.2, 0) is 13.1 Å². The van der Waals surface area contributed by atoms with Crippen molar-refractivity contribution in [1.29, 1.82) is 0 Å². The lowest BCUT2D eigenvalue weighted by atomic mass is 9.89. The highest BCUT2D eigenvalue weighted by atomic mass is 15.1. The zero-order valence-corrected chi connectivity index (χ0v) is 13.4. The molecule has 2 aliphatic rings. The first-order valence-corrected chi connectivity index (χ1v) is 8.65. The lowest BCUT2D eigenvalue weighted by molar-refractivity contribution is 0.226. The molecule has 0 bridgehead atoms. The third kappa shape index (κ3) is 5.08. The first-order valence-electron chi connectivity index (χ1n) is 8.65. The highest BCUT2D eigenvalue weighted by Crippen LogP contribution is 2.24. The Bertz CT molecular complexity index is 419. The maximum absolute atomic E-state index is 4.63. The van der Waals surface area contributed by atoms with Crippen molar-refractivity contribution in [3.63, 3.8) is 0 Å². The average molecular weight is 287 g/mol. The molecule has 2 saturated carbocycles. The SMILES string of the molecule is CN(Cc1ccc(CNC2CC2)cn1)CC1CCCCC1. The van der Waals surface area contributed by atoms with Crippen LogP contribution in [0.1, 0.15) is 56.2 Å². The second kappa shape index (κ2) is 7.37. The number of hydrogen-bond donors (Lipinski definition) is 1. The van der Waals surface area contributed by atoms with Crippen molar-refractivity contribution in [2.24, 2.45) is 5.92 Å². The van der Waals surface area contributed by atoms with Crippen LogP contribution in [0.2, 0.25) is 0 Å². The highest BCUT2D eigenvalue weighted by molar-refractivity contribution is 5.14. The molecule has 0 radical (unpaired) electrons. The van der Waals surface area contributed by atoms with Crippen molar-refractivity contribution in [3.05, 3.63) is 29.6 Å². The zero-order chi connectivity index (χ0) is 14.5. The second-order valence-electron chi connectivity index (χ2n) is 7.01. The summed E-state index contributed by atoms with van der Waals surface area (Å²) < 4.78 is 0. The molecule has 0 aromatic carbocycles. The maximum atomic E-state index is 4.63. The average Bonchev–Trinajstić information content (AvgIpc) is 3.32. The van der Waals surface area contributed by atoms with Crippen LogP contribution in [0.3, 0.4) is 0 Å². The van der Waals surface area contributed by atoms with Gasteiger partial charge in [-0.05, 0) is 50.3 Å². The van der Waals surface area contributed by atoms with Crippen LogP contribution in [0, 0.1) is 5.92 Å². The molecule has 0 unspecified atom stereocenters. The molecule has 0 spiro atoms. The van der Waals surface area contributed by atoms with Crippen molar-refractivity contribution in [2.75, 3.05) is 13.6 Å². The fourth-order valence-electron chi connectivity index (χ4n) is 3.35. The molecule has 0 atom stereocenters. The van der Waals surface area contributed by atoms with Gasteiger partial charge < -0.3 is 10.2 Å². The van der Waals surface area contributed by atoms with Gasteiger partial charge in [-0.3, -0.25) is 4.98 Å². The number of nitrogens with zero attached hydrogens (tertiary/aromatic N) is 2. The van der Waals surface area contributed by atoms with Crippen LogP contribution in [0.5, 0.6) is 0 Å². The van der Waals surface area contributed by atoms with Crippen molar-refractivity contribution < 1.29 is 0 Å². The van der Waals surface area contributed by atoms with Gasteiger partial charge in [-0.25, -0.2) is 0 Å². The number of pyridine rings is 1. The topological polar surface area (TPSA) is 28.2 Å². The van der Waals surface area contributed by atoms with E-state index in [0.717, 1.165) is 25.0 Å². The fourth-order valence-corrected chi connectivity index (χ4v) is 3.35. The smallest absolute Gasteiger partial charge is 0.0544 e. The van der Waals surface area contributed by atoms with Crippen LogP contribution in [0.25, 0.3) is 0 Å². The molecule has 2 aliphatic carbocycles. The number of hydrogen-bond acceptors (Lipinski definition) is 3. The van der Waals surface area contributed by atoms with Gasteiger partial charge in [0.2, 0.25) is 0 Å². The fraction of sp³-hybridized carbons (Fsp3) is 0.722. The first kappa shape index (κ1) is 15.0. The Morgan fingerprint density at radius 2 is 1.95 bits per heavy atom. The predicted molar refractivity (Wildman–Crippen MR) is 87.0 cm³/mol. The molecule has 0 saturated heterocycles. The Balaban J connectivity index is 1.42. The van der Waals surface area contributed by atoms with E-state index in [1.165, 1.54) is 62.7 Å². The van der Waals surface area contributed by atoms with Crippen LogP contribution in [0.15, 0.2) is 18.3 Å². The van der Waals surface area contributed by atoms with Crippen molar-refractivity contribution in [2.45, 2.75) is 64.1 Å². The van der Waals surface area contributed by atoms with Gasteiger partial charge in [0.25, 0.3) is 0 Å². The highest BCUT2D eigenvalue weighted by Gasteiger charge is 2.20. The molecule has 1 aromatic heterocycles. The molecule has 2 fully saturated rings. The Morgan fingerprint density at radius 3 is 2.62 bits per heavy atom. The Morgan fingerprint density at radius 1 is 1.14 bits per heavy atom. The minimum Gasteiger partial charge on any atom is -0.310 e. The Hall–Kier alpha value is -0.930. The minimum atomic E-state index is 0.770. The standard InChI is InChI=1S/C18H29N3/c1-21(13-15-5-3-2-4-6-15)14-18-8-7-16(12-20-18)11-19-17-9-10-17/h7-8,12,15,17,19H,2-6,9-11,13-14H2,1H3. The van der Waals surface area contributed by atoms with Gasteiger partial charge in [-0.15, -0.1) is 0 Å². The Labute approximate surface area is 129 Å². The number of nitrogens with one attached hydrogen (secondary N) is 1. The second-order valence-corrected chi connectivity index (χ2v) is 7.01. The van der Waals surface area contributed by atoms with E-state index in [4.69, 9.17) is 0 Å². The Kier molecular flexibility index (Phi) is 5.26. The largest absolute Gasteiger partial charge is 0.310 e. The van der Waals surface area contributed by atoms with Crippen LogP contribution < -0.4 is 5.32 Å². The van der Waals surface area contributed by atoms with Gasteiger partial charge in [0, 0.05) is 31.9 Å². The molecule has 3 rings (SSSR count). The summed E-state index contributed by atoms with van der Waals surface area (Å²) in [6.07, 6.45) is 11.9. The summed E-state index contributed by atoms with van der Waals surface area (Å²) in [7, 11) is 2.23. The molecule has 3 heteroatoms. The summed E-state index contributed by atoms with van der Waals surface area (Å²) >= 11 is 0. The summed E-state index contributed by atoms with van der Waals surface area (Å²) in [6.45, 7) is 3.18. The van der Waals surface area contributed by atoms with Crippen LogP contribution in [0.4, 0.5) is 0 Å². The van der Waals surface area contributed by atoms with E-state index in [1.807, 2.05) is 6.20 Å². The molecule has 116 valence electrons. The molecule has 0 aliphatic heterocycles. The van der Waals surface area contributed by atoms with Gasteiger partial charge in [-0.1, -0.05) is 25.3 Å². The third-order valence-corrected chi connectivity index (χ3v) is 4.78. The summed E-state index contributed by atoms with van der Waals surface area (Å²) in [5.74, 6) is 0.908. The van der Waals surface area contributed by atoms with E-state index in [2.05, 4.69) is 34.4 Å². The quantitative estimate of drug-likeness (QED) is 0.833. The van der Waals surface area contributed by atoms with E-state index in [0.29, 0.717) is 0 Å². The maximum Gasteiger partial charge on any atom is 0.0544 e. The lowest BCUT2D eigenvalue weighted by Gasteiger charge is -2.26. The summed E-state index contributed by atoms with van der Waals surface area (Å²) in [4.78, 5) is 7.07. The molecule has 21 heavy (non-hydrogen) atoms. The van der Waals surface area contributed by atoms with E-state index in [-0.39, 0.29) is 0 Å². The molecule has 1 N–H and O–H groups in total. The van der Waals surface area contributed by atoms with Gasteiger partial charge in [0.1, 0.15) is 0 Å². The molecular formula is C18H29N3. The van der Waals surface area contributed by atoms with E-state index in [9.17, 15) is 0 Å². The minimum absolute atomic E-state index is 0.770. The summed E-state index contributed by atoms with van der Waals surface area (Å²) in [5, 5.41) is 3.54. The zero-order valence-electron chi connectivity index (χ0n) is 13.4. The van der Waals surface area contributed by atoms with E-state index < -0.39 is 0 Å². The molecule has 3 nitrogen and oxygen atoms in total. The van der Waals surface area contributed by atoms with Crippen molar-refractivity contribution in [1.82, 2.24) is 15.2 Å². The third-order valence-electron chi connectivity index (χ3n) is 4.78. The molecule has 1 aromatic rings. The number of rotatable bonds is 7. The van der Waals surface area contributed by atoms with Crippen LogP contribution >= 0.6 is 0 Å². The van der Waals surface area contributed by atoms with Gasteiger partial charge >= 0.3 is 0 Å². The summed E-state index contributed by atoms with van der Waals surface area (Å²) in [6, 6.07) is 5.19. The van der Waals surface area contributed by atoms with Gasteiger partial charge in [0.05, 0.1) is 5.69 Å². The predicted octanol–water partition coefficient (Wildman–Crippen LogP) is 3.35. The molecule has 1 heterocycles. The lowest BCUT2D eigenvalue weighted by Crippen LogP contribution is -2.27. The van der Waals surface area contributed by atoms with E-state index >= 15 is 0 Å². The van der Waals surface area contributed by atoms with Crippen molar-refractivity contribution >= 4 is 0 Å². The molecule has 0 amide bonds. The van der Waals surface area contributed by atoms with Crippen molar-refractivity contribution in [3.8, 4) is 0 Å². The van der Waals surface area contributed by atoms with Gasteiger partial charge in [0.15, 0.2) is 0 Å². The van der Waals surface area contributed by atoms with E-state index in [1.54, 1.807) is 0 Å². The normalized spacial score (nSPS) is 20.1. The number of aromatic nitrogens is 1. The monoisotopic (exact) mass is 287 g/mol. The van der Waals surface area contributed by atoms with Crippen LogP contribution in [-0.4, -0.2) is 29.5 Å². The van der Waals surface area contributed by atoms with Gasteiger partial charge in [-0.2, -0.15) is 0 Å². The molecular weight excluding hydrogens is 258 g/mol. The first-order chi connectivity index (χ1) is 10.3. The summed E-state index contributed by atoms with van der Waals surface area (Å²) in [5.41, 5.74) is 2.50.